The van der Waals surface area contributed by atoms with Crippen LogP contribution in [0.15, 0.2) is 48.9 Å². The number of nitriles is 1. The van der Waals surface area contributed by atoms with E-state index in [1.807, 2.05) is 17.0 Å². The van der Waals surface area contributed by atoms with Crippen molar-refractivity contribution >= 4 is 28.4 Å². The second-order valence-corrected chi connectivity index (χ2v) is 8.34. The summed E-state index contributed by atoms with van der Waals surface area (Å²) in [5.41, 5.74) is 2.94. The first kappa shape index (κ1) is 23.4. The van der Waals surface area contributed by atoms with Gasteiger partial charge in [0.25, 0.3) is 6.43 Å². The Labute approximate surface area is 205 Å². The van der Waals surface area contributed by atoms with Crippen molar-refractivity contribution in [2.45, 2.75) is 32.7 Å². The maximum atomic E-state index is 14.3. The number of carbonyl (C=O) groups is 1. The highest BCUT2D eigenvalue weighted by Crippen LogP contribution is 2.42. The van der Waals surface area contributed by atoms with Crippen molar-refractivity contribution < 1.29 is 18.3 Å². The van der Waals surface area contributed by atoms with Crippen LogP contribution in [-0.4, -0.2) is 38.9 Å². The van der Waals surface area contributed by atoms with Crippen LogP contribution >= 0.6 is 0 Å². The predicted octanol–water partition coefficient (Wildman–Crippen LogP) is 5.22. The van der Waals surface area contributed by atoms with E-state index in [9.17, 15) is 13.6 Å². The highest BCUT2D eigenvalue weighted by atomic mass is 19.3. The van der Waals surface area contributed by atoms with E-state index >= 15 is 0 Å². The van der Waals surface area contributed by atoms with Crippen LogP contribution in [0.2, 0.25) is 0 Å². The molecule has 0 fully saturated rings. The molecule has 0 atom stereocenters. The smallest absolute Gasteiger partial charge is 0.357 e. The number of aryl methyl sites for hydroxylation is 1. The molecule has 4 aromatic rings. The lowest BCUT2D eigenvalue weighted by Gasteiger charge is -2.32. The van der Waals surface area contributed by atoms with E-state index in [2.05, 4.69) is 15.1 Å². The lowest BCUT2D eigenvalue weighted by Crippen LogP contribution is -2.27. The fourth-order valence-electron chi connectivity index (χ4n) is 4.53. The van der Waals surface area contributed by atoms with Gasteiger partial charge in [0.15, 0.2) is 11.5 Å². The maximum absolute atomic E-state index is 14.3. The summed E-state index contributed by atoms with van der Waals surface area (Å²) in [7, 11) is 0. The van der Waals surface area contributed by atoms with E-state index in [1.165, 1.54) is 16.9 Å². The van der Waals surface area contributed by atoms with E-state index in [4.69, 9.17) is 10.00 Å². The minimum Gasteiger partial charge on any atom is -0.461 e. The van der Waals surface area contributed by atoms with Crippen molar-refractivity contribution in [3.8, 4) is 17.2 Å². The maximum Gasteiger partial charge on any atom is 0.357 e. The molecular weight excluding hydrogens is 466 g/mol. The zero-order chi connectivity index (χ0) is 25.2. The van der Waals surface area contributed by atoms with E-state index < -0.39 is 12.4 Å². The van der Waals surface area contributed by atoms with E-state index in [-0.39, 0.29) is 24.4 Å². The summed E-state index contributed by atoms with van der Waals surface area (Å²) < 4.78 is 35.1. The Kier molecular flexibility index (Phi) is 6.29. The number of aromatic nitrogens is 4. The monoisotopic (exact) mass is 488 g/mol. The molecule has 0 saturated heterocycles. The molecule has 3 aromatic heterocycles. The first-order valence-electron chi connectivity index (χ1n) is 11.5. The van der Waals surface area contributed by atoms with Crippen LogP contribution in [0.4, 0.5) is 20.3 Å². The number of fused-ring (bicyclic) bond motifs is 2. The molecule has 182 valence electrons. The molecule has 0 N–H and O–H groups in total. The molecule has 0 amide bonds. The van der Waals surface area contributed by atoms with Gasteiger partial charge in [0.2, 0.25) is 0 Å². The van der Waals surface area contributed by atoms with Gasteiger partial charge in [-0.3, -0.25) is 9.67 Å². The fraction of sp³-hybridized carbons (Fsp3) is 0.269. The van der Waals surface area contributed by atoms with Crippen molar-refractivity contribution in [1.82, 2.24) is 19.7 Å². The number of halogens is 2. The van der Waals surface area contributed by atoms with Crippen LogP contribution < -0.4 is 4.90 Å². The number of hydrogen-bond donors (Lipinski definition) is 0. The minimum absolute atomic E-state index is 0.0330. The van der Waals surface area contributed by atoms with Crippen LogP contribution in [-0.2, 0) is 17.7 Å². The van der Waals surface area contributed by atoms with Crippen molar-refractivity contribution in [1.29, 1.82) is 5.26 Å². The first-order valence-corrected chi connectivity index (χ1v) is 11.5. The standard InChI is InChI=1S/C26H22F2N6O2/c1-2-36-26(35)21-12-17-5-3-8-30-23(17)25(32-21)34-9-4-6-16-11-19(20(24(27)28)13-22(16)34)18-14-31-33(15-18)10-7-29/h3,5,8,11-15,24H,2,4,6,9-10H2,1H3. The first-order chi connectivity index (χ1) is 17.5. The Hall–Kier alpha value is -4.39. The molecule has 8 nitrogen and oxygen atoms in total. The summed E-state index contributed by atoms with van der Waals surface area (Å²) in [6, 6.07) is 10.5. The summed E-state index contributed by atoms with van der Waals surface area (Å²) in [6.45, 7) is 2.49. The number of benzene rings is 1. The second-order valence-electron chi connectivity index (χ2n) is 8.34. The Morgan fingerprint density at radius 2 is 2.17 bits per heavy atom. The molecule has 0 spiro atoms. The normalized spacial score (nSPS) is 13.0. The minimum atomic E-state index is -2.73. The summed E-state index contributed by atoms with van der Waals surface area (Å²) in [6.07, 6.45) is 3.44. The molecule has 36 heavy (non-hydrogen) atoms. The molecule has 0 aliphatic carbocycles. The van der Waals surface area contributed by atoms with Crippen LogP contribution in [0.3, 0.4) is 0 Å². The van der Waals surface area contributed by atoms with Gasteiger partial charge >= 0.3 is 5.97 Å². The van der Waals surface area contributed by atoms with Crippen molar-refractivity contribution in [2.24, 2.45) is 0 Å². The van der Waals surface area contributed by atoms with Crippen LogP contribution in [0.5, 0.6) is 0 Å². The molecule has 0 bridgehead atoms. The van der Waals surface area contributed by atoms with Gasteiger partial charge in [-0.15, -0.1) is 0 Å². The lowest BCUT2D eigenvalue weighted by atomic mass is 9.93. The number of ether oxygens (including phenoxy) is 1. The second kappa shape index (κ2) is 9.70. The third kappa shape index (κ3) is 4.24. The number of esters is 1. The molecule has 1 aliphatic rings. The predicted molar refractivity (Wildman–Crippen MR) is 129 cm³/mol. The zero-order valence-electron chi connectivity index (χ0n) is 19.5. The van der Waals surface area contributed by atoms with E-state index in [1.54, 1.807) is 37.5 Å². The summed E-state index contributed by atoms with van der Waals surface area (Å²) in [5, 5.41) is 13.7. The molecule has 1 aliphatic heterocycles. The van der Waals surface area contributed by atoms with Gasteiger partial charge in [0, 0.05) is 41.1 Å². The summed E-state index contributed by atoms with van der Waals surface area (Å²) in [5.74, 6) is -0.133. The molecule has 0 unspecified atom stereocenters. The average molecular weight is 488 g/mol. The van der Waals surface area contributed by atoms with Crippen LogP contribution in [0.1, 0.15) is 41.4 Å². The van der Waals surface area contributed by atoms with Gasteiger partial charge in [-0.1, -0.05) is 6.07 Å². The molecule has 10 heteroatoms. The fourth-order valence-corrected chi connectivity index (χ4v) is 4.53. The number of carbonyl (C=O) groups excluding carboxylic acids is 1. The van der Waals surface area contributed by atoms with Crippen molar-refractivity contribution in [2.75, 3.05) is 18.1 Å². The molecular formula is C26H22F2N6O2. The summed E-state index contributed by atoms with van der Waals surface area (Å²) >= 11 is 0. The number of pyridine rings is 2. The van der Waals surface area contributed by atoms with Crippen molar-refractivity contribution in [3.63, 3.8) is 0 Å². The van der Waals surface area contributed by atoms with Gasteiger partial charge in [-0.2, -0.15) is 10.4 Å². The lowest BCUT2D eigenvalue weighted by molar-refractivity contribution is 0.0520. The van der Waals surface area contributed by atoms with Gasteiger partial charge in [0.1, 0.15) is 12.1 Å². The van der Waals surface area contributed by atoms with Gasteiger partial charge in [-0.05, 0) is 55.2 Å². The molecule has 0 radical (unpaired) electrons. The highest BCUT2D eigenvalue weighted by molar-refractivity contribution is 5.98. The van der Waals surface area contributed by atoms with E-state index in [0.717, 1.165) is 12.0 Å². The highest BCUT2D eigenvalue weighted by Gasteiger charge is 2.27. The van der Waals surface area contributed by atoms with E-state index in [0.29, 0.717) is 46.5 Å². The van der Waals surface area contributed by atoms with Gasteiger partial charge in [-0.25, -0.2) is 18.6 Å². The summed E-state index contributed by atoms with van der Waals surface area (Å²) in [4.78, 5) is 23.4. The Bertz CT molecular complexity index is 1490. The third-order valence-corrected chi connectivity index (χ3v) is 6.09. The molecule has 4 heterocycles. The number of anilines is 2. The SMILES string of the molecule is CCOC(=O)c1cc2cccnc2c(N2CCCc3cc(-c4cnn(CC#N)c4)c(C(F)F)cc32)n1. The molecule has 1 aromatic carbocycles. The number of hydrogen-bond acceptors (Lipinski definition) is 7. The molecule has 0 saturated carbocycles. The van der Waals surface area contributed by atoms with Gasteiger partial charge < -0.3 is 9.64 Å². The number of alkyl halides is 2. The largest absolute Gasteiger partial charge is 0.461 e. The Balaban J connectivity index is 1.66. The topological polar surface area (TPSA) is 96.9 Å². The Morgan fingerprint density at radius 1 is 1.31 bits per heavy atom. The average Bonchev–Trinajstić information content (AvgIpc) is 3.35. The van der Waals surface area contributed by atoms with Crippen molar-refractivity contribution in [3.05, 3.63) is 65.7 Å². The number of rotatable bonds is 6. The van der Waals surface area contributed by atoms with Crippen LogP contribution in [0.25, 0.3) is 22.0 Å². The van der Waals surface area contributed by atoms with Crippen LogP contribution in [0, 0.1) is 11.3 Å². The zero-order valence-corrected chi connectivity index (χ0v) is 19.5. The quantitative estimate of drug-likeness (QED) is 0.344. The Morgan fingerprint density at radius 3 is 2.94 bits per heavy atom. The molecule has 5 rings (SSSR count). The number of nitrogens with zero attached hydrogens (tertiary/aromatic N) is 6. The van der Waals surface area contributed by atoms with Gasteiger partial charge in [0.05, 0.1) is 18.9 Å². The third-order valence-electron chi connectivity index (χ3n) is 6.09.